The molecule has 0 spiro atoms. The second kappa shape index (κ2) is 5.84. The van der Waals surface area contributed by atoms with Crippen LogP contribution in [0.3, 0.4) is 0 Å². The number of hydrogen-bond donors (Lipinski definition) is 1. The van der Waals surface area contributed by atoms with Crippen LogP contribution in [0.5, 0.6) is 0 Å². The molecule has 0 radical (unpaired) electrons. The fourth-order valence-electron chi connectivity index (χ4n) is 2.24. The van der Waals surface area contributed by atoms with Crippen LogP contribution in [-0.4, -0.2) is 33.2 Å². The molecule has 0 aromatic carbocycles. The van der Waals surface area contributed by atoms with Crippen molar-refractivity contribution in [1.29, 1.82) is 0 Å². The zero-order chi connectivity index (χ0) is 13.9. The van der Waals surface area contributed by atoms with Gasteiger partial charge < -0.3 is 15.1 Å². The van der Waals surface area contributed by atoms with Crippen LogP contribution in [-0.2, 0) is 10.5 Å². The van der Waals surface area contributed by atoms with Crippen LogP contribution < -0.4 is 5.84 Å². The predicted molar refractivity (Wildman–Crippen MR) is 73.8 cm³/mol. The van der Waals surface area contributed by atoms with Crippen LogP contribution in [0.25, 0.3) is 0 Å². The highest BCUT2D eigenvalue weighted by Gasteiger charge is 2.23. The number of ether oxygens (including phenoxy) is 1. The van der Waals surface area contributed by atoms with Gasteiger partial charge in [-0.3, -0.25) is 0 Å². The Kier molecular flexibility index (Phi) is 3.93. The third-order valence-corrected chi connectivity index (χ3v) is 4.26. The number of aromatic nitrogens is 4. The van der Waals surface area contributed by atoms with Gasteiger partial charge in [0.2, 0.25) is 5.16 Å². The van der Waals surface area contributed by atoms with E-state index in [1.54, 1.807) is 4.68 Å². The maximum atomic E-state index is 6.09. The first-order valence-electron chi connectivity index (χ1n) is 6.57. The molecule has 0 aliphatic carbocycles. The van der Waals surface area contributed by atoms with Gasteiger partial charge in [0, 0.05) is 25.2 Å². The lowest BCUT2D eigenvalue weighted by atomic mass is 10.00. The number of nitrogens with zero attached hydrogens (tertiary/aromatic N) is 4. The normalized spacial score (nSPS) is 16.6. The minimum Gasteiger partial charge on any atom is -0.381 e. The minimum absolute atomic E-state index is 0.336. The van der Waals surface area contributed by atoms with Gasteiger partial charge in [0.1, 0.15) is 5.76 Å². The largest absolute Gasteiger partial charge is 0.381 e. The standard InChI is InChI=1S/C12H17N5O2S/c1-8-6-10(19-16-8)7-20-12-15-14-11(17(12)13)9-2-4-18-5-3-9/h6,9H,2-5,7,13H2,1H3. The molecule has 2 N–H and O–H groups in total. The van der Waals surface area contributed by atoms with Gasteiger partial charge in [-0.15, -0.1) is 10.2 Å². The van der Waals surface area contributed by atoms with Crippen molar-refractivity contribution >= 4 is 11.8 Å². The number of hydrogen-bond acceptors (Lipinski definition) is 7. The number of aryl methyl sites for hydroxylation is 1. The zero-order valence-electron chi connectivity index (χ0n) is 11.3. The maximum Gasteiger partial charge on any atom is 0.210 e. The third-order valence-electron chi connectivity index (χ3n) is 3.30. The Morgan fingerprint density at radius 1 is 1.40 bits per heavy atom. The summed E-state index contributed by atoms with van der Waals surface area (Å²) in [5, 5.41) is 12.9. The molecule has 108 valence electrons. The SMILES string of the molecule is Cc1cc(CSc2nnc(C3CCOCC3)n2N)on1. The molecule has 0 bridgehead atoms. The Labute approximate surface area is 120 Å². The van der Waals surface area contributed by atoms with Gasteiger partial charge >= 0.3 is 0 Å². The summed E-state index contributed by atoms with van der Waals surface area (Å²) in [4.78, 5) is 0. The molecule has 2 aromatic rings. The molecule has 0 atom stereocenters. The van der Waals surface area contributed by atoms with Crippen LogP contribution in [0.2, 0.25) is 0 Å². The first kappa shape index (κ1) is 13.4. The van der Waals surface area contributed by atoms with Gasteiger partial charge in [0.15, 0.2) is 5.82 Å². The van der Waals surface area contributed by atoms with E-state index in [1.165, 1.54) is 11.8 Å². The van der Waals surface area contributed by atoms with E-state index in [1.807, 2.05) is 13.0 Å². The summed E-state index contributed by atoms with van der Waals surface area (Å²) in [6, 6.07) is 1.91. The smallest absolute Gasteiger partial charge is 0.210 e. The van der Waals surface area contributed by atoms with Crippen LogP contribution in [0.15, 0.2) is 15.7 Å². The lowest BCUT2D eigenvalue weighted by Crippen LogP contribution is -2.22. The lowest BCUT2D eigenvalue weighted by molar-refractivity contribution is 0.0830. The summed E-state index contributed by atoms with van der Waals surface area (Å²) in [6.45, 7) is 3.42. The molecule has 2 aromatic heterocycles. The fourth-order valence-corrected chi connectivity index (χ4v) is 2.98. The van der Waals surface area contributed by atoms with Crippen molar-refractivity contribution in [2.24, 2.45) is 0 Å². The molecule has 0 saturated carbocycles. The van der Waals surface area contributed by atoms with E-state index in [0.717, 1.165) is 43.3 Å². The first-order chi connectivity index (χ1) is 9.74. The summed E-state index contributed by atoms with van der Waals surface area (Å²) in [7, 11) is 0. The molecule has 0 unspecified atom stereocenters. The average Bonchev–Trinajstić information content (AvgIpc) is 3.04. The van der Waals surface area contributed by atoms with Gasteiger partial charge in [0.25, 0.3) is 0 Å². The zero-order valence-corrected chi connectivity index (χ0v) is 12.1. The Morgan fingerprint density at radius 3 is 2.90 bits per heavy atom. The number of nitrogen functional groups attached to an aromatic ring is 1. The quantitative estimate of drug-likeness (QED) is 0.674. The van der Waals surface area contributed by atoms with E-state index >= 15 is 0 Å². The number of rotatable bonds is 4. The highest BCUT2D eigenvalue weighted by atomic mass is 32.2. The molecule has 0 amide bonds. The van der Waals surface area contributed by atoms with E-state index < -0.39 is 0 Å². The molecule has 8 heteroatoms. The molecular formula is C12H17N5O2S. The van der Waals surface area contributed by atoms with Crippen molar-refractivity contribution in [3.8, 4) is 0 Å². The fraction of sp³-hybridized carbons (Fsp3) is 0.583. The van der Waals surface area contributed by atoms with E-state index in [9.17, 15) is 0 Å². The molecule has 1 saturated heterocycles. The van der Waals surface area contributed by atoms with Gasteiger partial charge in [-0.1, -0.05) is 16.9 Å². The summed E-state index contributed by atoms with van der Waals surface area (Å²) in [6.07, 6.45) is 1.89. The lowest BCUT2D eigenvalue weighted by Gasteiger charge is -2.20. The van der Waals surface area contributed by atoms with E-state index in [4.69, 9.17) is 15.1 Å². The summed E-state index contributed by atoms with van der Waals surface area (Å²) in [5.41, 5.74) is 0.873. The van der Waals surface area contributed by atoms with Crippen LogP contribution in [0.4, 0.5) is 0 Å². The Bertz CT molecular complexity index is 576. The number of nitrogens with two attached hydrogens (primary N) is 1. The Balaban J connectivity index is 1.66. The van der Waals surface area contributed by atoms with Gasteiger partial charge in [-0.2, -0.15) is 0 Å². The van der Waals surface area contributed by atoms with Gasteiger partial charge in [-0.25, -0.2) is 4.68 Å². The van der Waals surface area contributed by atoms with E-state index in [0.29, 0.717) is 16.8 Å². The first-order valence-corrected chi connectivity index (χ1v) is 7.55. The summed E-state index contributed by atoms with van der Waals surface area (Å²) < 4.78 is 12.1. The molecular weight excluding hydrogens is 278 g/mol. The molecule has 1 aliphatic heterocycles. The highest BCUT2D eigenvalue weighted by Crippen LogP contribution is 2.28. The Hall–Kier alpha value is -1.54. The van der Waals surface area contributed by atoms with Crippen molar-refractivity contribution in [3.05, 3.63) is 23.3 Å². The second-order valence-corrected chi connectivity index (χ2v) is 5.76. The summed E-state index contributed by atoms with van der Waals surface area (Å²) in [5.74, 6) is 8.71. The molecule has 3 heterocycles. The van der Waals surface area contributed by atoms with Crippen molar-refractivity contribution in [1.82, 2.24) is 20.0 Å². The number of thioether (sulfide) groups is 1. The maximum absolute atomic E-state index is 6.09. The molecule has 1 fully saturated rings. The van der Waals surface area contributed by atoms with Crippen LogP contribution >= 0.6 is 11.8 Å². The monoisotopic (exact) mass is 295 g/mol. The van der Waals surface area contributed by atoms with Crippen molar-refractivity contribution < 1.29 is 9.26 Å². The second-order valence-electron chi connectivity index (χ2n) is 4.82. The Morgan fingerprint density at radius 2 is 2.20 bits per heavy atom. The molecule has 7 nitrogen and oxygen atoms in total. The van der Waals surface area contributed by atoms with Crippen molar-refractivity contribution in [2.75, 3.05) is 19.1 Å². The summed E-state index contributed by atoms with van der Waals surface area (Å²) >= 11 is 1.50. The predicted octanol–water partition coefficient (Wildman–Crippen LogP) is 1.47. The van der Waals surface area contributed by atoms with E-state index in [-0.39, 0.29) is 0 Å². The van der Waals surface area contributed by atoms with Crippen molar-refractivity contribution in [2.45, 2.75) is 36.6 Å². The third kappa shape index (κ3) is 2.80. The van der Waals surface area contributed by atoms with Crippen LogP contribution in [0, 0.1) is 6.92 Å². The van der Waals surface area contributed by atoms with Gasteiger partial charge in [0.05, 0.1) is 11.4 Å². The van der Waals surface area contributed by atoms with Crippen LogP contribution in [0.1, 0.15) is 36.0 Å². The topological polar surface area (TPSA) is 92.0 Å². The van der Waals surface area contributed by atoms with Crippen molar-refractivity contribution in [3.63, 3.8) is 0 Å². The van der Waals surface area contributed by atoms with E-state index in [2.05, 4.69) is 15.4 Å². The average molecular weight is 295 g/mol. The van der Waals surface area contributed by atoms with Gasteiger partial charge in [-0.05, 0) is 19.8 Å². The highest BCUT2D eigenvalue weighted by molar-refractivity contribution is 7.98. The molecule has 20 heavy (non-hydrogen) atoms. The minimum atomic E-state index is 0.336. The molecule has 1 aliphatic rings. The molecule has 3 rings (SSSR count).